The standard InChI is InChI=1S/C11H8ClFN2O4/c1-14-15-3-5(11(18)19)9(16)4-2-6(12)7(13)10(17)8(4)15/h2-3,14,17H,1H3,(H,18,19). The number of nitrogens with zero attached hydrogens (tertiary/aromatic N) is 1. The fourth-order valence-electron chi connectivity index (χ4n) is 1.75. The molecule has 3 N–H and O–H groups in total. The average molecular weight is 287 g/mol. The van der Waals surface area contributed by atoms with Crippen molar-refractivity contribution in [2.75, 3.05) is 12.5 Å². The van der Waals surface area contributed by atoms with Gasteiger partial charge in [0.1, 0.15) is 11.1 Å². The van der Waals surface area contributed by atoms with Crippen LogP contribution in [0.2, 0.25) is 5.02 Å². The average Bonchev–Trinajstić information content (AvgIpc) is 2.37. The molecule has 0 saturated carbocycles. The third-order valence-electron chi connectivity index (χ3n) is 2.63. The van der Waals surface area contributed by atoms with Crippen molar-refractivity contribution >= 4 is 28.5 Å². The molecule has 2 rings (SSSR count). The monoisotopic (exact) mass is 286 g/mol. The van der Waals surface area contributed by atoms with Crippen LogP contribution in [-0.2, 0) is 0 Å². The predicted octanol–water partition coefficient (Wildman–Crippen LogP) is 1.37. The minimum absolute atomic E-state index is 0.181. The van der Waals surface area contributed by atoms with Crippen molar-refractivity contribution in [1.82, 2.24) is 4.68 Å². The molecule has 0 radical (unpaired) electrons. The quantitative estimate of drug-likeness (QED) is 0.775. The molecule has 0 amide bonds. The number of hydrogen-bond acceptors (Lipinski definition) is 4. The Balaban J connectivity index is 3.08. The first-order valence-corrected chi connectivity index (χ1v) is 5.43. The van der Waals surface area contributed by atoms with E-state index in [2.05, 4.69) is 5.43 Å². The van der Waals surface area contributed by atoms with Gasteiger partial charge in [-0.25, -0.2) is 9.18 Å². The van der Waals surface area contributed by atoms with E-state index in [0.29, 0.717) is 0 Å². The van der Waals surface area contributed by atoms with E-state index in [1.54, 1.807) is 0 Å². The molecule has 0 bridgehead atoms. The number of aromatic nitrogens is 1. The lowest BCUT2D eigenvalue weighted by Crippen LogP contribution is -2.22. The number of benzene rings is 1. The maximum atomic E-state index is 13.5. The molecular weight excluding hydrogens is 279 g/mol. The number of carbonyl (C=O) groups is 1. The van der Waals surface area contributed by atoms with Crippen LogP contribution in [0.4, 0.5) is 4.39 Å². The molecule has 8 heteroatoms. The molecule has 0 saturated heterocycles. The summed E-state index contributed by atoms with van der Waals surface area (Å²) in [6, 6.07) is 0.981. The normalized spacial score (nSPS) is 10.7. The Morgan fingerprint density at radius 1 is 1.53 bits per heavy atom. The number of phenols is 1. The van der Waals surface area contributed by atoms with Crippen LogP contribution in [-0.4, -0.2) is 27.9 Å². The van der Waals surface area contributed by atoms with Gasteiger partial charge in [-0.3, -0.25) is 9.47 Å². The van der Waals surface area contributed by atoms with Crippen molar-refractivity contribution in [3.05, 3.63) is 38.9 Å². The van der Waals surface area contributed by atoms with Crippen molar-refractivity contribution in [3.63, 3.8) is 0 Å². The van der Waals surface area contributed by atoms with Crippen LogP contribution < -0.4 is 10.9 Å². The summed E-state index contributed by atoms with van der Waals surface area (Å²) in [5, 5.41) is 18.0. The lowest BCUT2D eigenvalue weighted by Gasteiger charge is -2.13. The van der Waals surface area contributed by atoms with Gasteiger partial charge >= 0.3 is 5.97 Å². The molecule has 6 nitrogen and oxygen atoms in total. The summed E-state index contributed by atoms with van der Waals surface area (Å²) in [5.41, 5.74) is 0.964. The summed E-state index contributed by atoms with van der Waals surface area (Å²) in [6.45, 7) is 0. The first-order valence-electron chi connectivity index (χ1n) is 5.05. The predicted molar refractivity (Wildman–Crippen MR) is 67.1 cm³/mol. The Labute approximate surface area is 110 Å². The van der Waals surface area contributed by atoms with Gasteiger partial charge in [0.25, 0.3) is 0 Å². The fraction of sp³-hybridized carbons (Fsp3) is 0.0909. The number of halogens is 2. The topological polar surface area (TPSA) is 91.6 Å². The summed E-state index contributed by atoms with van der Waals surface area (Å²) in [5.74, 6) is -3.35. The highest BCUT2D eigenvalue weighted by molar-refractivity contribution is 6.31. The smallest absolute Gasteiger partial charge is 0.341 e. The summed E-state index contributed by atoms with van der Waals surface area (Å²) in [6.07, 6.45) is 0.958. The van der Waals surface area contributed by atoms with E-state index < -0.39 is 33.6 Å². The first kappa shape index (κ1) is 13.2. The molecule has 19 heavy (non-hydrogen) atoms. The van der Waals surface area contributed by atoms with Gasteiger partial charge in [0.2, 0.25) is 5.43 Å². The van der Waals surface area contributed by atoms with Gasteiger partial charge < -0.3 is 15.6 Å². The zero-order chi connectivity index (χ0) is 14.3. The zero-order valence-corrected chi connectivity index (χ0v) is 10.3. The van der Waals surface area contributed by atoms with Gasteiger partial charge in [0, 0.05) is 13.2 Å². The van der Waals surface area contributed by atoms with Gasteiger partial charge in [-0.15, -0.1) is 0 Å². The molecule has 0 aliphatic rings. The third-order valence-corrected chi connectivity index (χ3v) is 2.90. The lowest BCUT2D eigenvalue weighted by atomic mass is 10.1. The second kappa shape index (κ2) is 4.43. The molecule has 0 spiro atoms. The number of phenolic OH excluding ortho intramolecular Hbond substituents is 1. The Bertz CT molecular complexity index is 757. The van der Waals surface area contributed by atoms with Gasteiger partial charge in [-0.05, 0) is 6.07 Å². The number of carboxylic acids is 1. The van der Waals surface area contributed by atoms with E-state index >= 15 is 0 Å². The van der Waals surface area contributed by atoms with Crippen molar-refractivity contribution in [2.24, 2.45) is 0 Å². The van der Waals surface area contributed by atoms with Crippen molar-refractivity contribution in [2.45, 2.75) is 0 Å². The minimum Gasteiger partial charge on any atom is -0.503 e. The molecule has 1 aromatic carbocycles. The molecule has 0 unspecified atom stereocenters. The number of pyridine rings is 1. The minimum atomic E-state index is -1.43. The van der Waals surface area contributed by atoms with Gasteiger partial charge in [-0.1, -0.05) is 11.6 Å². The van der Waals surface area contributed by atoms with E-state index in [-0.39, 0.29) is 10.9 Å². The molecule has 100 valence electrons. The summed E-state index contributed by atoms with van der Waals surface area (Å²) < 4.78 is 14.6. The van der Waals surface area contributed by atoms with Crippen LogP contribution in [0, 0.1) is 5.82 Å². The highest BCUT2D eigenvalue weighted by Gasteiger charge is 2.20. The number of carboxylic acid groups (broad SMARTS) is 1. The number of fused-ring (bicyclic) bond motifs is 1. The Hall–Kier alpha value is -2.28. The van der Waals surface area contributed by atoms with Gasteiger partial charge in [-0.2, -0.15) is 0 Å². The SMILES string of the molecule is CNn1cc(C(=O)O)c(=O)c2cc(Cl)c(F)c(O)c21. The van der Waals surface area contributed by atoms with Gasteiger partial charge in [0.05, 0.1) is 10.4 Å². The van der Waals surface area contributed by atoms with E-state index in [4.69, 9.17) is 16.7 Å². The maximum absolute atomic E-state index is 13.5. The number of aromatic carboxylic acids is 1. The number of nitrogens with one attached hydrogen (secondary N) is 1. The highest BCUT2D eigenvalue weighted by Crippen LogP contribution is 2.31. The van der Waals surface area contributed by atoms with E-state index in [1.807, 2.05) is 0 Å². The van der Waals surface area contributed by atoms with E-state index in [9.17, 15) is 19.1 Å². The van der Waals surface area contributed by atoms with Crippen molar-refractivity contribution in [1.29, 1.82) is 0 Å². The van der Waals surface area contributed by atoms with Crippen LogP contribution >= 0.6 is 11.6 Å². The third kappa shape index (κ3) is 1.88. The summed E-state index contributed by atoms with van der Waals surface area (Å²) >= 11 is 5.54. The molecular formula is C11H8ClFN2O4. The number of rotatable bonds is 2. The first-order chi connectivity index (χ1) is 8.88. The van der Waals surface area contributed by atoms with E-state index in [1.165, 1.54) is 7.05 Å². The van der Waals surface area contributed by atoms with Gasteiger partial charge in [0.15, 0.2) is 11.6 Å². The summed E-state index contributed by atoms with van der Waals surface area (Å²) in [7, 11) is 1.42. The summed E-state index contributed by atoms with van der Waals surface area (Å²) in [4.78, 5) is 22.9. The second-order valence-corrected chi connectivity index (χ2v) is 4.10. The maximum Gasteiger partial charge on any atom is 0.341 e. The second-order valence-electron chi connectivity index (χ2n) is 3.69. The Morgan fingerprint density at radius 2 is 2.16 bits per heavy atom. The Morgan fingerprint density at radius 3 is 2.68 bits per heavy atom. The fourth-order valence-corrected chi connectivity index (χ4v) is 1.94. The van der Waals surface area contributed by atoms with Crippen LogP contribution in [0.5, 0.6) is 5.75 Å². The number of hydrogen-bond donors (Lipinski definition) is 3. The molecule has 0 aliphatic heterocycles. The molecule has 1 aromatic heterocycles. The Kier molecular flexibility index (Phi) is 3.07. The van der Waals surface area contributed by atoms with Crippen LogP contribution in [0.25, 0.3) is 10.9 Å². The zero-order valence-electron chi connectivity index (χ0n) is 9.57. The van der Waals surface area contributed by atoms with Crippen molar-refractivity contribution < 1.29 is 19.4 Å². The molecule has 0 fully saturated rings. The molecule has 0 atom stereocenters. The van der Waals surface area contributed by atoms with Crippen LogP contribution in [0.1, 0.15) is 10.4 Å². The lowest BCUT2D eigenvalue weighted by molar-refractivity contribution is 0.0695. The molecule has 1 heterocycles. The van der Waals surface area contributed by atoms with Crippen LogP contribution in [0.3, 0.4) is 0 Å². The highest BCUT2D eigenvalue weighted by atomic mass is 35.5. The largest absolute Gasteiger partial charge is 0.503 e. The molecule has 0 aliphatic carbocycles. The van der Waals surface area contributed by atoms with Crippen LogP contribution in [0.15, 0.2) is 17.1 Å². The van der Waals surface area contributed by atoms with Crippen molar-refractivity contribution in [3.8, 4) is 5.75 Å². The molecule has 2 aromatic rings. The number of aromatic hydroxyl groups is 1. The van der Waals surface area contributed by atoms with E-state index in [0.717, 1.165) is 16.9 Å².